The van der Waals surface area contributed by atoms with Crippen molar-refractivity contribution >= 4 is 17.6 Å². The molecule has 3 fully saturated rings. The highest BCUT2D eigenvalue weighted by atomic mass is 19.1. The molecule has 26 heavy (non-hydrogen) atoms. The van der Waals surface area contributed by atoms with Gasteiger partial charge in [-0.15, -0.1) is 0 Å². The smallest absolute Gasteiger partial charge is 0.324 e. The summed E-state index contributed by atoms with van der Waals surface area (Å²) in [4.78, 5) is 26.5. The zero-order valence-corrected chi connectivity index (χ0v) is 14.5. The van der Waals surface area contributed by atoms with E-state index in [4.69, 9.17) is 9.47 Å². The molecule has 3 aliphatic heterocycles. The Labute approximate surface area is 151 Å². The van der Waals surface area contributed by atoms with Crippen molar-refractivity contribution in [2.75, 3.05) is 37.7 Å². The van der Waals surface area contributed by atoms with Gasteiger partial charge in [0.1, 0.15) is 5.82 Å². The van der Waals surface area contributed by atoms with Gasteiger partial charge in [-0.25, -0.2) is 9.18 Å². The highest BCUT2D eigenvalue weighted by molar-refractivity contribution is 5.96. The van der Waals surface area contributed by atoms with Crippen LogP contribution in [0.3, 0.4) is 0 Å². The second kappa shape index (κ2) is 6.85. The second-order valence-corrected chi connectivity index (χ2v) is 6.91. The summed E-state index contributed by atoms with van der Waals surface area (Å²) in [6, 6.07) is 4.62. The lowest BCUT2D eigenvalue weighted by atomic mass is 10.0. The molecule has 0 aliphatic carbocycles. The van der Waals surface area contributed by atoms with Crippen LogP contribution in [0.25, 0.3) is 0 Å². The molecule has 0 saturated carbocycles. The minimum Gasteiger partial charge on any atom is -0.369 e. The largest absolute Gasteiger partial charge is 0.369 e. The van der Waals surface area contributed by atoms with Gasteiger partial charge >= 0.3 is 6.03 Å². The summed E-state index contributed by atoms with van der Waals surface area (Å²) >= 11 is 0. The standard InChI is InChI=1S/C18H22FN3O4/c19-14-11-13(12-22-6-3-16(23)20-17(22)24)1-2-15(14)21-7-4-18(5-8-21)25-9-10-26-18/h1-2,11H,3-10,12H2,(H,20,23,24). The number of piperidine rings is 1. The van der Waals surface area contributed by atoms with Gasteiger partial charge in [0.2, 0.25) is 5.91 Å². The van der Waals surface area contributed by atoms with E-state index in [9.17, 15) is 14.0 Å². The molecule has 1 spiro atoms. The molecule has 0 aromatic heterocycles. The first-order chi connectivity index (χ1) is 12.5. The Bertz CT molecular complexity index is 710. The molecular formula is C18H22FN3O4. The molecule has 1 N–H and O–H groups in total. The molecule has 1 aromatic carbocycles. The summed E-state index contributed by atoms with van der Waals surface area (Å²) < 4.78 is 26.1. The van der Waals surface area contributed by atoms with Crippen LogP contribution in [0, 0.1) is 5.82 Å². The van der Waals surface area contributed by atoms with Crippen molar-refractivity contribution in [3.05, 3.63) is 29.6 Å². The molecule has 7 nitrogen and oxygen atoms in total. The molecule has 0 unspecified atom stereocenters. The third kappa shape index (κ3) is 3.39. The van der Waals surface area contributed by atoms with E-state index in [0.29, 0.717) is 44.1 Å². The van der Waals surface area contributed by atoms with E-state index in [2.05, 4.69) is 5.32 Å². The highest BCUT2D eigenvalue weighted by Crippen LogP contribution is 2.34. The Hall–Kier alpha value is -2.19. The van der Waals surface area contributed by atoms with Crippen molar-refractivity contribution in [3.8, 4) is 0 Å². The van der Waals surface area contributed by atoms with Gasteiger partial charge in [-0.2, -0.15) is 0 Å². The lowest BCUT2D eigenvalue weighted by Gasteiger charge is -2.38. The summed E-state index contributed by atoms with van der Waals surface area (Å²) in [6.45, 7) is 3.22. The first kappa shape index (κ1) is 17.2. The van der Waals surface area contributed by atoms with E-state index in [-0.39, 0.29) is 24.7 Å². The van der Waals surface area contributed by atoms with E-state index in [0.717, 1.165) is 12.8 Å². The maximum absolute atomic E-state index is 14.6. The molecule has 0 atom stereocenters. The molecule has 0 radical (unpaired) electrons. The Morgan fingerprint density at radius 1 is 1.12 bits per heavy atom. The zero-order chi connectivity index (χ0) is 18.1. The molecule has 3 heterocycles. The molecule has 8 heteroatoms. The minimum atomic E-state index is -0.480. The average molecular weight is 363 g/mol. The molecule has 3 amide bonds. The maximum atomic E-state index is 14.6. The van der Waals surface area contributed by atoms with Crippen molar-refractivity contribution in [3.63, 3.8) is 0 Å². The SMILES string of the molecule is O=C1CCN(Cc2ccc(N3CCC4(CC3)OCCO4)c(F)c2)C(=O)N1. The molecule has 4 rings (SSSR count). The van der Waals surface area contributed by atoms with Crippen molar-refractivity contribution in [1.82, 2.24) is 10.2 Å². The summed E-state index contributed by atoms with van der Waals surface area (Å²) in [7, 11) is 0. The first-order valence-corrected chi connectivity index (χ1v) is 8.95. The Morgan fingerprint density at radius 2 is 1.85 bits per heavy atom. The van der Waals surface area contributed by atoms with E-state index in [1.807, 2.05) is 11.0 Å². The van der Waals surface area contributed by atoms with Gasteiger partial charge < -0.3 is 19.3 Å². The van der Waals surface area contributed by atoms with Crippen LogP contribution in [0.1, 0.15) is 24.8 Å². The summed E-state index contributed by atoms with van der Waals surface area (Å²) in [6.07, 6.45) is 1.71. The summed E-state index contributed by atoms with van der Waals surface area (Å²) in [5.74, 6) is -1.06. The van der Waals surface area contributed by atoms with Gasteiger partial charge in [-0.05, 0) is 17.7 Å². The molecule has 3 saturated heterocycles. The van der Waals surface area contributed by atoms with Crippen LogP contribution < -0.4 is 10.2 Å². The number of benzene rings is 1. The normalized spacial score (nSPS) is 22.8. The van der Waals surface area contributed by atoms with E-state index in [1.54, 1.807) is 6.07 Å². The Morgan fingerprint density at radius 3 is 2.50 bits per heavy atom. The number of hydrogen-bond acceptors (Lipinski definition) is 5. The lowest BCUT2D eigenvalue weighted by Crippen LogP contribution is -2.48. The van der Waals surface area contributed by atoms with Crippen LogP contribution in [0.15, 0.2) is 18.2 Å². The predicted molar refractivity (Wildman–Crippen MR) is 91.0 cm³/mol. The summed E-state index contributed by atoms with van der Waals surface area (Å²) in [5.41, 5.74) is 1.26. The van der Waals surface area contributed by atoms with Gasteiger partial charge in [0.05, 0.1) is 18.9 Å². The third-order valence-electron chi connectivity index (χ3n) is 5.21. The number of halogens is 1. The Kier molecular flexibility index (Phi) is 4.54. The predicted octanol–water partition coefficient (Wildman–Crippen LogP) is 1.61. The van der Waals surface area contributed by atoms with Crippen molar-refractivity contribution in [2.45, 2.75) is 31.6 Å². The maximum Gasteiger partial charge on any atom is 0.324 e. The van der Waals surface area contributed by atoms with Gasteiger partial charge in [-0.3, -0.25) is 10.1 Å². The number of hydrogen-bond donors (Lipinski definition) is 1. The Balaban J connectivity index is 1.40. The van der Waals surface area contributed by atoms with Crippen LogP contribution in [-0.4, -0.2) is 55.5 Å². The van der Waals surface area contributed by atoms with Crippen LogP contribution in [-0.2, 0) is 20.8 Å². The van der Waals surface area contributed by atoms with Gasteiger partial charge in [-0.1, -0.05) is 6.07 Å². The number of amides is 3. The number of urea groups is 1. The number of imide groups is 1. The zero-order valence-electron chi connectivity index (χ0n) is 14.5. The number of ether oxygens (including phenoxy) is 2. The molecule has 140 valence electrons. The van der Waals surface area contributed by atoms with Gasteiger partial charge in [0, 0.05) is 45.4 Å². The fourth-order valence-corrected chi connectivity index (χ4v) is 3.75. The molecular weight excluding hydrogens is 341 g/mol. The fourth-order valence-electron chi connectivity index (χ4n) is 3.75. The lowest BCUT2D eigenvalue weighted by molar-refractivity contribution is -0.169. The average Bonchev–Trinajstić information content (AvgIpc) is 3.07. The minimum absolute atomic E-state index is 0.270. The second-order valence-electron chi connectivity index (χ2n) is 6.91. The topological polar surface area (TPSA) is 71.1 Å². The summed E-state index contributed by atoms with van der Waals surface area (Å²) in [5, 5.41) is 2.27. The van der Waals surface area contributed by atoms with Crippen LogP contribution in [0.4, 0.5) is 14.9 Å². The number of anilines is 1. The van der Waals surface area contributed by atoms with Crippen LogP contribution >= 0.6 is 0 Å². The van der Waals surface area contributed by atoms with Gasteiger partial charge in [0.25, 0.3) is 0 Å². The number of nitrogens with zero attached hydrogens (tertiary/aromatic N) is 2. The third-order valence-corrected chi connectivity index (χ3v) is 5.21. The van der Waals surface area contributed by atoms with E-state index in [1.165, 1.54) is 11.0 Å². The van der Waals surface area contributed by atoms with E-state index < -0.39 is 11.8 Å². The molecule has 3 aliphatic rings. The number of rotatable bonds is 3. The molecule has 1 aromatic rings. The van der Waals surface area contributed by atoms with Crippen molar-refractivity contribution in [1.29, 1.82) is 0 Å². The van der Waals surface area contributed by atoms with Crippen molar-refractivity contribution < 1.29 is 23.5 Å². The van der Waals surface area contributed by atoms with Gasteiger partial charge in [0.15, 0.2) is 5.79 Å². The monoisotopic (exact) mass is 363 g/mol. The highest BCUT2D eigenvalue weighted by Gasteiger charge is 2.40. The van der Waals surface area contributed by atoms with Crippen molar-refractivity contribution in [2.24, 2.45) is 0 Å². The number of nitrogens with one attached hydrogen (secondary N) is 1. The first-order valence-electron chi connectivity index (χ1n) is 8.95. The fraction of sp³-hybridized carbons (Fsp3) is 0.556. The van der Waals surface area contributed by atoms with Crippen LogP contribution in [0.2, 0.25) is 0 Å². The van der Waals surface area contributed by atoms with Crippen LogP contribution in [0.5, 0.6) is 0 Å². The molecule has 0 bridgehead atoms. The number of carbonyl (C=O) groups excluding carboxylic acids is 2. The van der Waals surface area contributed by atoms with E-state index >= 15 is 0 Å². The quantitative estimate of drug-likeness (QED) is 0.884. The number of carbonyl (C=O) groups is 2.